The summed E-state index contributed by atoms with van der Waals surface area (Å²) in [6, 6.07) is 9.17. The fourth-order valence-electron chi connectivity index (χ4n) is 5.67. The highest BCUT2D eigenvalue weighted by Gasteiger charge is 2.56. The molecule has 0 amide bonds. The van der Waals surface area contributed by atoms with Crippen LogP contribution >= 0.6 is 0 Å². The van der Waals surface area contributed by atoms with Crippen molar-refractivity contribution < 1.29 is 4.46 Å². The zero-order valence-corrected chi connectivity index (χ0v) is 19.1. The maximum Gasteiger partial charge on any atom is 0.391 e. The number of hydrogen-bond acceptors (Lipinski definition) is 1. The fraction of sp³-hybridized carbons (Fsp3) is 0.739. The fourth-order valence-corrected chi connectivity index (χ4v) is 6.60. The molecule has 0 N–H and O–H groups in total. The minimum Gasteiger partial charge on any atom is -0.375 e. The summed E-state index contributed by atoms with van der Waals surface area (Å²) in [7, 11) is 0.351. The van der Waals surface area contributed by atoms with Crippen LogP contribution in [0.5, 0.6) is 0 Å². The molecular weight excluding hydrogens is 334 g/mol. The second-order valence-corrected chi connectivity index (χ2v) is 10.8. The Balaban J connectivity index is 2.63. The van der Waals surface area contributed by atoms with Gasteiger partial charge in [0.05, 0.1) is 0 Å². The van der Waals surface area contributed by atoms with Crippen molar-refractivity contribution >= 4 is 8.84 Å². The summed E-state index contributed by atoms with van der Waals surface area (Å²) in [6.45, 7) is 13.5. The smallest absolute Gasteiger partial charge is 0.375 e. The Bertz CT molecular complexity index is 635. The van der Waals surface area contributed by atoms with Crippen molar-refractivity contribution in [3.63, 3.8) is 0 Å². The van der Waals surface area contributed by atoms with Gasteiger partial charge in [0.15, 0.2) is 0 Å². The van der Waals surface area contributed by atoms with Crippen LogP contribution in [0.2, 0.25) is 6.55 Å². The van der Waals surface area contributed by atoms with E-state index in [0.717, 1.165) is 6.42 Å². The van der Waals surface area contributed by atoms with Gasteiger partial charge in [-0.1, -0.05) is 57.9 Å². The van der Waals surface area contributed by atoms with Crippen molar-refractivity contribution in [3.05, 3.63) is 35.4 Å². The Morgan fingerprint density at radius 1 is 1.15 bits per heavy atom. The molecule has 3 heteroatoms. The number of unbranched alkanes of at least 4 members (excludes halogenated alkanes) is 1. The van der Waals surface area contributed by atoms with E-state index < -0.39 is 8.84 Å². The number of rotatable bonds is 9. The van der Waals surface area contributed by atoms with E-state index in [1.165, 1.54) is 38.5 Å². The van der Waals surface area contributed by atoms with Gasteiger partial charge in [0.1, 0.15) is 0 Å². The van der Waals surface area contributed by atoms with E-state index in [0.29, 0.717) is 5.41 Å². The summed E-state index contributed by atoms with van der Waals surface area (Å²) in [6.07, 6.45) is 8.43. The molecule has 1 atom stereocenters. The Labute approximate surface area is 163 Å². The lowest BCUT2D eigenvalue weighted by Crippen LogP contribution is -2.53. The summed E-state index contributed by atoms with van der Waals surface area (Å²) >= 11 is 0. The molecule has 26 heavy (non-hydrogen) atoms. The third kappa shape index (κ3) is 3.44. The van der Waals surface area contributed by atoms with Crippen molar-refractivity contribution in [1.29, 1.82) is 0 Å². The van der Waals surface area contributed by atoms with Crippen LogP contribution in [0.1, 0.15) is 84.3 Å². The van der Waals surface area contributed by atoms with Gasteiger partial charge in [-0.2, -0.15) is 0 Å². The molecule has 1 aromatic carbocycles. The highest BCUT2D eigenvalue weighted by atomic mass is 28.3. The van der Waals surface area contributed by atoms with Gasteiger partial charge < -0.3 is 9.03 Å². The molecule has 1 unspecified atom stereocenters. The average molecular weight is 374 g/mol. The molecule has 0 fully saturated rings. The summed E-state index contributed by atoms with van der Waals surface area (Å²) in [5.74, 6) is 0. The van der Waals surface area contributed by atoms with Gasteiger partial charge >= 0.3 is 8.84 Å². The van der Waals surface area contributed by atoms with Crippen LogP contribution in [0.3, 0.4) is 0 Å². The van der Waals surface area contributed by atoms with Gasteiger partial charge in [0, 0.05) is 18.0 Å². The Morgan fingerprint density at radius 3 is 2.31 bits per heavy atom. The molecular formula is C23H39NOSi. The number of nitrogens with zero attached hydrogens (tertiary/aromatic N) is 1. The topological polar surface area (TPSA) is 20.3 Å². The van der Waals surface area contributed by atoms with Gasteiger partial charge in [-0.25, -0.2) is 0 Å². The van der Waals surface area contributed by atoms with Crippen LogP contribution in [0, 0.1) is 5.41 Å². The second kappa shape index (κ2) is 7.96. The highest BCUT2D eigenvalue weighted by Crippen LogP contribution is 2.61. The second-order valence-electron chi connectivity index (χ2n) is 9.07. The molecule has 146 valence electrons. The Morgan fingerprint density at radius 2 is 1.77 bits per heavy atom. The minimum atomic E-state index is -1.70. The van der Waals surface area contributed by atoms with E-state index in [4.69, 9.17) is 0 Å². The maximum atomic E-state index is 12.3. The first-order valence-corrected chi connectivity index (χ1v) is 12.4. The van der Waals surface area contributed by atoms with E-state index in [9.17, 15) is 4.46 Å². The first-order chi connectivity index (χ1) is 12.2. The molecule has 0 saturated carbocycles. The molecule has 0 heterocycles. The lowest BCUT2D eigenvalue weighted by atomic mass is 9.55. The molecule has 1 aliphatic carbocycles. The van der Waals surface area contributed by atoms with Crippen LogP contribution in [-0.2, 0) is 16.3 Å². The lowest BCUT2D eigenvalue weighted by molar-refractivity contribution is 0.0544. The predicted octanol–water partition coefficient (Wildman–Crippen LogP) is 6.13. The van der Waals surface area contributed by atoms with E-state index in [1.807, 2.05) is 6.55 Å². The van der Waals surface area contributed by atoms with Crippen LogP contribution in [0.15, 0.2) is 24.3 Å². The van der Waals surface area contributed by atoms with Gasteiger partial charge in [0.2, 0.25) is 0 Å². The third-order valence-corrected chi connectivity index (χ3v) is 9.05. The standard InChI is InChI=1S/C23H39NOSi/c1-8-11-16-23(18-21(4,5)24(6)26(7)25)20-15-13-12-14-19(20)17-22(23,9-2)10-3/h12-15H,8-11,16-18H2,1-7H3. The minimum absolute atomic E-state index is 0.0778. The van der Waals surface area contributed by atoms with E-state index in [1.54, 1.807) is 11.1 Å². The summed E-state index contributed by atoms with van der Waals surface area (Å²) in [4.78, 5) is 0. The normalized spacial score (nSPS) is 21.5. The van der Waals surface area contributed by atoms with Gasteiger partial charge in [-0.15, -0.1) is 0 Å². The first-order valence-electron chi connectivity index (χ1n) is 10.5. The molecule has 0 bridgehead atoms. The number of hydrogen-bond donors (Lipinski definition) is 0. The van der Waals surface area contributed by atoms with E-state index >= 15 is 0 Å². The molecule has 0 saturated heterocycles. The van der Waals surface area contributed by atoms with Crippen LogP contribution in [0.4, 0.5) is 0 Å². The van der Waals surface area contributed by atoms with Gasteiger partial charge in [0.25, 0.3) is 0 Å². The SMILES string of the molecule is CCCCC1(CC(C)(C)N(C)[Si](C)=O)c2ccccc2CC1(CC)CC. The summed E-state index contributed by atoms with van der Waals surface area (Å²) in [5.41, 5.74) is 3.54. The van der Waals surface area contributed by atoms with Crippen LogP contribution in [0.25, 0.3) is 0 Å². The van der Waals surface area contributed by atoms with Crippen molar-refractivity contribution in [2.24, 2.45) is 5.41 Å². The van der Waals surface area contributed by atoms with Gasteiger partial charge in [-0.05, 0) is 69.0 Å². The highest BCUT2D eigenvalue weighted by molar-refractivity contribution is 6.37. The first kappa shape index (κ1) is 21.3. The third-order valence-electron chi connectivity index (χ3n) is 7.50. The lowest BCUT2D eigenvalue weighted by Gasteiger charge is -2.52. The molecule has 0 aromatic heterocycles. The van der Waals surface area contributed by atoms with E-state index in [-0.39, 0.29) is 11.0 Å². The molecule has 0 spiro atoms. The van der Waals surface area contributed by atoms with Crippen molar-refractivity contribution in [2.75, 3.05) is 7.05 Å². The van der Waals surface area contributed by atoms with E-state index in [2.05, 4.69) is 70.5 Å². The number of fused-ring (bicyclic) bond motifs is 1. The molecule has 2 rings (SSSR count). The van der Waals surface area contributed by atoms with Crippen molar-refractivity contribution in [2.45, 2.75) is 97.1 Å². The molecule has 2 nitrogen and oxygen atoms in total. The Hall–Kier alpha value is -0.963. The molecule has 0 radical (unpaired) electrons. The average Bonchev–Trinajstić information content (AvgIpc) is 2.89. The quantitative estimate of drug-likeness (QED) is 0.486. The largest absolute Gasteiger partial charge is 0.391 e. The molecule has 1 aromatic rings. The summed E-state index contributed by atoms with van der Waals surface area (Å²) < 4.78 is 14.5. The predicted molar refractivity (Wildman–Crippen MR) is 113 cm³/mol. The maximum absolute atomic E-state index is 12.3. The zero-order chi connectivity index (χ0) is 19.6. The van der Waals surface area contributed by atoms with Gasteiger partial charge in [-0.3, -0.25) is 0 Å². The molecule has 1 aliphatic rings. The summed E-state index contributed by atoms with van der Waals surface area (Å²) in [5, 5.41) is 0. The van der Waals surface area contributed by atoms with Crippen LogP contribution < -0.4 is 0 Å². The molecule has 0 aliphatic heterocycles. The Kier molecular flexibility index (Phi) is 6.53. The van der Waals surface area contributed by atoms with Crippen molar-refractivity contribution in [3.8, 4) is 0 Å². The zero-order valence-electron chi connectivity index (χ0n) is 18.1. The van der Waals surface area contributed by atoms with Crippen molar-refractivity contribution in [1.82, 2.24) is 4.57 Å². The number of benzene rings is 1. The monoisotopic (exact) mass is 373 g/mol. The van der Waals surface area contributed by atoms with Crippen LogP contribution in [-0.4, -0.2) is 26.0 Å².